The summed E-state index contributed by atoms with van der Waals surface area (Å²) >= 11 is 0. The topological polar surface area (TPSA) is 105 Å². The molecule has 9 nitrogen and oxygen atoms in total. The summed E-state index contributed by atoms with van der Waals surface area (Å²) in [6.45, 7) is 6.62. The van der Waals surface area contributed by atoms with E-state index in [-0.39, 0.29) is 22.9 Å². The summed E-state index contributed by atoms with van der Waals surface area (Å²) < 4.78 is 39.9. The Morgan fingerprint density at radius 3 is 2.74 bits per heavy atom. The Morgan fingerprint density at radius 2 is 2.10 bits per heavy atom. The van der Waals surface area contributed by atoms with Crippen LogP contribution in [0.3, 0.4) is 0 Å². The van der Waals surface area contributed by atoms with Gasteiger partial charge in [0.25, 0.3) is 10.0 Å². The molecule has 1 unspecified atom stereocenters. The van der Waals surface area contributed by atoms with Crippen LogP contribution in [0, 0.1) is 0 Å². The number of aryl methyl sites for hydroxylation is 1. The Bertz CT molecular complexity index is 1240. The van der Waals surface area contributed by atoms with E-state index in [0.29, 0.717) is 23.4 Å². The predicted octanol–water partition coefficient (Wildman–Crippen LogP) is 2.86. The summed E-state index contributed by atoms with van der Waals surface area (Å²) in [5.41, 5.74) is 1.21. The van der Waals surface area contributed by atoms with E-state index in [2.05, 4.69) is 24.2 Å². The van der Waals surface area contributed by atoms with Crippen molar-refractivity contribution >= 4 is 26.9 Å². The van der Waals surface area contributed by atoms with Crippen molar-refractivity contribution in [3.05, 3.63) is 41.7 Å². The molecule has 10 heteroatoms. The second kappa shape index (κ2) is 7.76. The third-order valence-corrected chi connectivity index (χ3v) is 7.11. The van der Waals surface area contributed by atoms with Crippen LogP contribution in [0.1, 0.15) is 55.6 Å². The van der Waals surface area contributed by atoms with Gasteiger partial charge in [-0.1, -0.05) is 11.3 Å². The molecule has 3 heterocycles. The van der Waals surface area contributed by atoms with Crippen LogP contribution >= 0.6 is 0 Å². The maximum atomic E-state index is 13.3. The Labute approximate surface area is 181 Å². The van der Waals surface area contributed by atoms with Crippen molar-refractivity contribution in [1.82, 2.24) is 19.0 Å². The second-order valence-corrected chi connectivity index (χ2v) is 10.1. The number of fused-ring (bicyclic) bond motifs is 1. The average molecular weight is 447 g/mol. The molecule has 1 aromatic carbocycles. The highest BCUT2D eigenvalue weighted by molar-refractivity contribution is 7.90. The van der Waals surface area contributed by atoms with Crippen molar-refractivity contribution in [1.29, 1.82) is 0 Å². The molecule has 4 rings (SSSR count). The molecule has 0 radical (unpaired) electrons. The van der Waals surface area contributed by atoms with Crippen molar-refractivity contribution in [2.24, 2.45) is 7.05 Å². The molecule has 1 aliphatic rings. The van der Waals surface area contributed by atoms with Gasteiger partial charge in [0.1, 0.15) is 5.69 Å². The lowest BCUT2D eigenvalue weighted by molar-refractivity contribution is -0.0592. The highest BCUT2D eigenvalue weighted by atomic mass is 32.2. The van der Waals surface area contributed by atoms with E-state index in [1.54, 1.807) is 26.1 Å². The minimum Gasteiger partial charge on any atom is -0.461 e. The summed E-state index contributed by atoms with van der Waals surface area (Å²) in [5.74, 6) is -0.418. The zero-order valence-electron chi connectivity index (χ0n) is 18.0. The molecule has 0 N–H and O–H groups in total. The lowest BCUT2D eigenvalue weighted by atomic mass is 9.83. The number of esters is 1. The van der Waals surface area contributed by atoms with Crippen LogP contribution < -0.4 is 0 Å². The molecule has 0 aliphatic carbocycles. The smallest absolute Gasteiger partial charge is 0.356 e. The molecule has 1 fully saturated rings. The Morgan fingerprint density at radius 1 is 1.32 bits per heavy atom. The first kappa shape index (κ1) is 21.5. The third-order valence-electron chi connectivity index (χ3n) is 5.52. The van der Waals surface area contributed by atoms with Crippen LogP contribution in [0.4, 0.5) is 0 Å². The van der Waals surface area contributed by atoms with E-state index in [1.165, 1.54) is 10.9 Å². The van der Waals surface area contributed by atoms with Crippen LogP contribution in [0.15, 0.2) is 35.5 Å². The van der Waals surface area contributed by atoms with Gasteiger partial charge in [0.05, 0.1) is 23.9 Å². The van der Waals surface area contributed by atoms with Crippen LogP contribution in [-0.4, -0.2) is 52.2 Å². The largest absolute Gasteiger partial charge is 0.461 e. The van der Waals surface area contributed by atoms with Crippen molar-refractivity contribution in [2.45, 2.75) is 50.2 Å². The number of aromatic nitrogens is 4. The van der Waals surface area contributed by atoms with Gasteiger partial charge in [0, 0.05) is 19.0 Å². The molecule has 2 aromatic heterocycles. The van der Waals surface area contributed by atoms with E-state index < -0.39 is 16.0 Å². The lowest BCUT2D eigenvalue weighted by Gasteiger charge is -2.35. The highest BCUT2D eigenvalue weighted by Crippen LogP contribution is 2.37. The first-order chi connectivity index (χ1) is 14.6. The van der Waals surface area contributed by atoms with Gasteiger partial charge in [-0.15, -0.1) is 5.10 Å². The van der Waals surface area contributed by atoms with E-state index >= 15 is 0 Å². The second-order valence-electron chi connectivity index (χ2n) is 8.37. The highest BCUT2D eigenvalue weighted by Gasteiger charge is 2.32. The average Bonchev–Trinajstić information content (AvgIpc) is 3.31. The molecule has 3 aromatic rings. The van der Waals surface area contributed by atoms with Crippen molar-refractivity contribution in [2.75, 3.05) is 13.2 Å². The standard InChI is InChI=1S/C21H26N4O5S/c1-5-29-20(26)18-11-16-10-14(15-8-9-30-21(2,3)12-15)6-7-17(16)25(18)31(27,28)19-13-24(4)23-22-19/h6-7,10-11,13,15H,5,8-9,12H2,1-4H3. The maximum absolute atomic E-state index is 13.3. The molecule has 1 saturated heterocycles. The number of hydrogen-bond acceptors (Lipinski definition) is 7. The fourth-order valence-corrected chi connectivity index (χ4v) is 5.55. The first-order valence-electron chi connectivity index (χ1n) is 10.2. The van der Waals surface area contributed by atoms with Gasteiger partial charge in [0.15, 0.2) is 0 Å². The molecular formula is C21H26N4O5S. The number of carbonyl (C=O) groups excluding carboxylic acids is 1. The molecule has 0 spiro atoms. The first-order valence-corrected chi connectivity index (χ1v) is 11.6. The number of carbonyl (C=O) groups is 1. The van der Waals surface area contributed by atoms with Crippen LogP contribution in [-0.2, 0) is 26.5 Å². The number of benzene rings is 1. The SMILES string of the molecule is CCOC(=O)c1cc2cc(C3CCOC(C)(C)C3)ccc2n1S(=O)(=O)c1cn(C)nn1. The van der Waals surface area contributed by atoms with E-state index in [4.69, 9.17) is 9.47 Å². The van der Waals surface area contributed by atoms with E-state index in [0.717, 1.165) is 22.4 Å². The minimum atomic E-state index is -4.15. The third kappa shape index (κ3) is 3.97. The molecule has 1 atom stereocenters. The van der Waals surface area contributed by atoms with Crippen molar-refractivity contribution in [3.8, 4) is 0 Å². The lowest BCUT2D eigenvalue weighted by Crippen LogP contribution is -2.32. The summed E-state index contributed by atoms with van der Waals surface area (Å²) in [6, 6.07) is 7.18. The molecule has 0 saturated carbocycles. The minimum absolute atomic E-state index is 0.0630. The van der Waals surface area contributed by atoms with Gasteiger partial charge >= 0.3 is 5.97 Å². The fourth-order valence-electron chi connectivity index (χ4n) is 4.12. The van der Waals surface area contributed by atoms with E-state index in [1.807, 2.05) is 12.1 Å². The van der Waals surface area contributed by atoms with Crippen LogP contribution in [0.25, 0.3) is 10.9 Å². The van der Waals surface area contributed by atoms with Crippen molar-refractivity contribution < 1.29 is 22.7 Å². The molecule has 0 bridgehead atoms. The summed E-state index contributed by atoms with van der Waals surface area (Å²) in [6.07, 6.45) is 3.05. The molecular weight excluding hydrogens is 420 g/mol. The molecule has 166 valence electrons. The maximum Gasteiger partial charge on any atom is 0.356 e. The molecule has 1 aliphatic heterocycles. The monoisotopic (exact) mass is 446 g/mol. The number of nitrogens with zero attached hydrogens (tertiary/aromatic N) is 4. The Hall–Kier alpha value is -2.72. The normalized spacial score (nSPS) is 18.9. The summed E-state index contributed by atoms with van der Waals surface area (Å²) in [7, 11) is -2.57. The van der Waals surface area contributed by atoms with Gasteiger partial charge in [-0.05, 0) is 63.3 Å². The van der Waals surface area contributed by atoms with Gasteiger partial charge < -0.3 is 9.47 Å². The Kier molecular flexibility index (Phi) is 5.38. The van der Waals surface area contributed by atoms with Crippen LogP contribution in [0.2, 0.25) is 0 Å². The van der Waals surface area contributed by atoms with Gasteiger partial charge in [0.2, 0.25) is 5.03 Å². The van der Waals surface area contributed by atoms with Gasteiger partial charge in [-0.3, -0.25) is 4.68 Å². The van der Waals surface area contributed by atoms with Crippen LogP contribution in [0.5, 0.6) is 0 Å². The fraction of sp³-hybridized carbons (Fsp3) is 0.476. The zero-order chi connectivity index (χ0) is 22.4. The predicted molar refractivity (Wildman–Crippen MR) is 113 cm³/mol. The molecule has 31 heavy (non-hydrogen) atoms. The molecule has 0 amide bonds. The summed E-state index contributed by atoms with van der Waals surface area (Å²) in [4.78, 5) is 12.6. The quantitative estimate of drug-likeness (QED) is 0.555. The van der Waals surface area contributed by atoms with E-state index in [9.17, 15) is 13.2 Å². The summed E-state index contributed by atoms with van der Waals surface area (Å²) in [5, 5.41) is 7.87. The van der Waals surface area contributed by atoms with Gasteiger partial charge in [-0.25, -0.2) is 8.77 Å². The Balaban J connectivity index is 1.86. The number of rotatable bonds is 5. The number of ether oxygens (including phenoxy) is 2. The van der Waals surface area contributed by atoms with Crippen molar-refractivity contribution in [3.63, 3.8) is 0 Å². The number of hydrogen-bond donors (Lipinski definition) is 0. The van der Waals surface area contributed by atoms with Gasteiger partial charge in [-0.2, -0.15) is 8.42 Å². The zero-order valence-corrected chi connectivity index (χ0v) is 18.8.